The molecule has 0 aromatic heterocycles. The molecule has 3 aromatic carbocycles. The first-order valence-corrected chi connectivity index (χ1v) is 9.64. The van der Waals surface area contributed by atoms with Crippen molar-refractivity contribution >= 4 is 33.5 Å². The van der Waals surface area contributed by atoms with Crippen LogP contribution < -0.4 is 10.2 Å². The quantitative estimate of drug-likeness (QED) is 0.234. The molecule has 10 heteroatoms. The Morgan fingerprint density at radius 2 is 1.81 bits per heavy atom. The summed E-state index contributed by atoms with van der Waals surface area (Å²) in [6, 6.07) is 16.8. The standard InChI is InChI=1S/C21H15BrF3N3O3/c22-17-8-5-14(6-9-17)13-31-20-4-2-1-3-15(20)12-26-27-18-10-7-16(21(23,24)25)11-19(18)28(29)30/h1-12,27H,13H2/b26-12-. The fourth-order valence-electron chi connectivity index (χ4n) is 2.59. The maximum absolute atomic E-state index is 12.8. The molecule has 0 aliphatic heterocycles. The van der Waals surface area contributed by atoms with Crippen molar-refractivity contribution in [3.8, 4) is 5.75 Å². The van der Waals surface area contributed by atoms with E-state index in [-0.39, 0.29) is 5.69 Å². The summed E-state index contributed by atoms with van der Waals surface area (Å²) < 4.78 is 45.2. The van der Waals surface area contributed by atoms with Gasteiger partial charge in [-0.1, -0.05) is 40.2 Å². The van der Waals surface area contributed by atoms with Crippen LogP contribution in [0.15, 0.2) is 76.3 Å². The summed E-state index contributed by atoms with van der Waals surface area (Å²) in [4.78, 5) is 10.3. The van der Waals surface area contributed by atoms with Crippen molar-refractivity contribution in [1.82, 2.24) is 0 Å². The third-order valence-electron chi connectivity index (χ3n) is 4.14. The molecule has 0 atom stereocenters. The van der Waals surface area contributed by atoms with Crippen LogP contribution >= 0.6 is 15.9 Å². The second-order valence-electron chi connectivity index (χ2n) is 6.31. The van der Waals surface area contributed by atoms with E-state index >= 15 is 0 Å². The lowest BCUT2D eigenvalue weighted by molar-refractivity contribution is -0.384. The average molecular weight is 494 g/mol. The summed E-state index contributed by atoms with van der Waals surface area (Å²) >= 11 is 3.37. The molecule has 0 amide bonds. The molecule has 31 heavy (non-hydrogen) atoms. The van der Waals surface area contributed by atoms with Crippen LogP contribution in [0, 0.1) is 10.1 Å². The normalized spacial score (nSPS) is 11.5. The Kier molecular flexibility index (Phi) is 6.91. The van der Waals surface area contributed by atoms with Crippen molar-refractivity contribution in [1.29, 1.82) is 0 Å². The maximum atomic E-state index is 12.8. The van der Waals surface area contributed by atoms with Gasteiger partial charge in [-0.2, -0.15) is 18.3 Å². The largest absolute Gasteiger partial charge is 0.488 e. The Morgan fingerprint density at radius 1 is 1.10 bits per heavy atom. The van der Waals surface area contributed by atoms with Gasteiger partial charge in [-0.25, -0.2) is 0 Å². The lowest BCUT2D eigenvalue weighted by Crippen LogP contribution is -2.06. The summed E-state index contributed by atoms with van der Waals surface area (Å²) in [6.45, 7) is 0.315. The Hall–Kier alpha value is -3.40. The van der Waals surface area contributed by atoms with E-state index in [9.17, 15) is 23.3 Å². The van der Waals surface area contributed by atoms with Gasteiger partial charge < -0.3 is 4.74 Å². The van der Waals surface area contributed by atoms with Gasteiger partial charge in [0.05, 0.1) is 16.7 Å². The Balaban J connectivity index is 1.74. The van der Waals surface area contributed by atoms with Gasteiger partial charge >= 0.3 is 6.18 Å². The Morgan fingerprint density at radius 3 is 2.48 bits per heavy atom. The number of hydrazone groups is 1. The van der Waals surface area contributed by atoms with Crippen LogP contribution in [0.1, 0.15) is 16.7 Å². The summed E-state index contributed by atoms with van der Waals surface area (Å²) in [5.74, 6) is 0.526. The molecule has 0 saturated carbocycles. The second-order valence-corrected chi connectivity index (χ2v) is 7.23. The van der Waals surface area contributed by atoms with E-state index in [0.717, 1.165) is 22.2 Å². The maximum Gasteiger partial charge on any atom is 0.416 e. The van der Waals surface area contributed by atoms with Crippen LogP contribution in [-0.2, 0) is 12.8 Å². The first-order valence-electron chi connectivity index (χ1n) is 8.85. The summed E-state index contributed by atoms with van der Waals surface area (Å²) in [5.41, 5.74) is 1.96. The van der Waals surface area contributed by atoms with Crippen LogP contribution in [0.5, 0.6) is 5.75 Å². The molecule has 0 radical (unpaired) electrons. The Bertz CT molecular complexity index is 1100. The fourth-order valence-corrected chi connectivity index (χ4v) is 2.85. The van der Waals surface area contributed by atoms with Gasteiger partial charge in [-0.05, 0) is 42.0 Å². The van der Waals surface area contributed by atoms with Gasteiger partial charge in [-0.3, -0.25) is 15.5 Å². The van der Waals surface area contributed by atoms with E-state index in [1.807, 2.05) is 24.3 Å². The molecule has 1 N–H and O–H groups in total. The van der Waals surface area contributed by atoms with Crippen molar-refractivity contribution < 1.29 is 22.8 Å². The van der Waals surface area contributed by atoms with E-state index in [4.69, 9.17) is 4.74 Å². The predicted octanol–water partition coefficient (Wildman–Crippen LogP) is 6.40. The minimum Gasteiger partial charge on any atom is -0.488 e. The summed E-state index contributed by atoms with van der Waals surface area (Å²) in [5, 5.41) is 15.1. The van der Waals surface area contributed by atoms with E-state index in [2.05, 4.69) is 26.5 Å². The third kappa shape index (κ3) is 6.05. The van der Waals surface area contributed by atoms with Gasteiger partial charge in [0.25, 0.3) is 5.69 Å². The first-order chi connectivity index (χ1) is 14.7. The van der Waals surface area contributed by atoms with Crippen molar-refractivity contribution in [3.05, 3.63) is 98.0 Å². The van der Waals surface area contributed by atoms with Crippen molar-refractivity contribution in [2.24, 2.45) is 5.10 Å². The summed E-state index contributed by atoms with van der Waals surface area (Å²) in [6.07, 6.45) is -3.31. The Labute approximate surface area is 183 Å². The number of alkyl halides is 3. The SMILES string of the molecule is O=[N+]([O-])c1cc(C(F)(F)F)ccc1N/N=C\c1ccccc1OCc1ccc(Br)cc1. The van der Waals surface area contributed by atoms with E-state index in [1.54, 1.807) is 24.3 Å². The number of halogens is 4. The highest BCUT2D eigenvalue weighted by molar-refractivity contribution is 9.10. The molecule has 6 nitrogen and oxygen atoms in total. The molecule has 0 spiro atoms. The van der Waals surface area contributed by atoms with Crippen LogP contribution in [0.3, 0.4) is 0 Å². The number of rotatable bonds is 7. The molecular weight excluding hydrogens is 479 g/mol. The molecule has 0 aliphatic carbocycles. The minimum absolute atomic E-state index is 0.164. The van der Waals surface area contributed by atoms with Crippen LogP contribution in [-0.4, -0.2) is 11.1 Å². The highest BCUT2D eigenvalue weighted by Gasteiger charge is 2.33. The van der Waals surface area contributed by atoms with Crippen LogP contribution in [0.25, 0.3) is 0 Å². The predicted molar refractivity (Wildman–Crippen MR) is 114 cm³/mol. The molecule has 160 valence electrons. The zero-order valence-corrected chi connectivity index (χ0v) is 17.4. The van der Waals surface area contributed by atoms with Gasteiger partial charge in [0, 0.05) is 16.1 Å². The number of nitrogens with one attached hydrogen (secondary N) is 1. The topological polar surface area (TPSA) is 76.8 Å². The summed E-state index contributed by atoms with van der Waals surface area (Å²) in [7, 11) is 0. The zero-order chi connectivity index (χ0) is 22.4. The lowest BCUT2D eigenvalue weighted by Gasteiger charge is -2.10. The van der Waals surface area contributed by atoms with E-state index < -0.39 is 22.4 Å². The second kappa shape index (κ2) is 9.61. The molecular formula is C21H15BrF3N3O3. The van der Waals surface area contributed by atoms with Gasteiger partial charge in [0.15, 0.2) is 0 Å². The molecule has 0 bridgehead atoms. The number of benzene rings is 3. The zero-order valence-electron chi connectivity index (χ0n) is 15.8. The highest BCUT2D eigenvalue weighted by atomic mass is 79.9. The highest BCUT2D eigenvalue weighted by Crippen LogP contribution is 2.35. The number of anilines is 1. The monoisotopic (exact) mass is 493 g/mol. The number of nitro benzene ring substituents is 1. The smallest absolute Gasteiger partial charge is 0.416 e. The number of nitrogens with zero attached hydrogens (tertiary/aromatic N) is 2. The van der Waals surface area contributed by atoms with Crippen LogP contribution in [0.4, 0.5) is 24.5 Å². The average Bonchev–Trinajstić information content (AvgIpc) is 2.73. The van der Waals surface area contributed by atoms with Crippen molar-refractivity contribution in [3.63, 3.8) is 0 Å². The molecule has 3 aromatic rings. The van der Waals surface area contributed by atoms with Gasteiger partial charge in [-0.15, -0.1) is 0 Å². The number of hydrogen-bond donors (Lipinski definition) is 1. The molecule has 0 heterocycles. The van der Waals surface area contributed by atoms with Gasteiger partial charge in [0.2, 0.25) is 0 Å². The van der Waals surface area contributed by atoms with E-state index in [0.29, 0.717) is 24.0 Å². The van der Waals surface area contributed by atoms with Gasteiger partial charge in [0.1, 0.15) is 18.0 Å². The number of nitro groups is 1. The third-order valence-corrected chi connectivity index (χ3v) is 4.67. The minimum atomic E-state index is -4.68. The molecule has 3 rings (SSSR count). The fraction of sp³-hybridized carbons (Fsp3) is 0.0952. The molecule has 0 saturated heterocycles. The molecule has 0 unspecified atom stereocenters. The van der Waals surface area contributed by atoms with Crippen molar-refractivity contribution in [2.45, 2.75) is 12.8 Å². The number of hydrogen-bond acceptors (Lipinski definition) is 5. The molecule has 0 fully saturated rings. The lowest BCUT2D eigenvalue weighted by atomic mass is 10.1. The van der Waals surface area contributed by atoms with E-state index in [1.165, 1.54) is 6.21 Å². The van der Waals surface area contributed by atoms with Crippen molar-refractivity contribution in [2.75, 3.05) is 5.43 Å². The number of para-hydroxylation sites is 1. The first kappa shape index (κ1) is 22.3. The molecule has 0 aliphatic rings. The number of ether oxygens (including phenoxy) is 1. The van der Waals surface area contributed by atoms with Crippen LogP contribution in [0.2, 0.25) is 0 Å².